The number of rotatable bonds is 3. The molecule has 0 unspecified atom stereocenters. The van der Waals surface area contributed by atoms with E-state index in [2.05, 4.69) is 54.7 Å². The van der Waals surface area contributed by atoms with Crippen LogP contribution < -0.4 is 10.2 Å². The van der Waals surface area contributed by atoms with Gasteiger partial charge < -0.3 is 10.2 Å². The molecule has 0 aromatic carbocycles. The Morgan fingerprint density at radius 2 is 2.00 bits per heavy atom. The third-order valence-electron chi connectivity index (χ3n) is 3.71. The zero-order valence-electron chi connectivity index (χ0n) is 13.3. The van der Waals surface area contributed by atoms with Gasteiger partial charge in [-0.15, -0.1) is 0 Å². The maximum Gasteiger partial charge on any atom is 0.137 e. The maximum atomic E-state index is 4.69. The van der Waals surface area contributed by atoms with Gasteiger partial charge in [0.25, 0.3) is 0 Å². The number of hydrogen-bond acceptors (Lipinski definition) is 5. The molecule has 0 spiro atoms. The van der Waals surface area contributed by atoms with Crippen LogP contribution in [0.3, 0.4) is 0 Å². The molecule has 1 aromatic rings. The topological polar surface area (TPSA) is 41.1 Å². The quantitative estimate of drug-likeness (QED) is 0.927. The Labute approximate surface area is 126 Å². The molecule has 1 aliphatic rings. The molecule has 20 heavy (non-hydrogen) atoms. The third-order valence-corrected chi connectivity index (χ3v) is 5.09. The molecular weight excluding hydrogens is 268 g/mol. The Hall–Kier alpha value is -0.970. The molecule has 0 amide bonds. The van der Waals surface area contributed by atoms with Gasteiger partial charge in [-0.3, -0.25) is 0 Å². The predicted molar refractivity (Wildman–Crippen MR) is 89.0 cm³/mol. The molecule has 1 aromatic heterocycles. The molecule has 1 saturated heterocycles. The van der Waals surface area contributed by atoms with Crippen LogP contribution in [-0.2, 0) is 0 Å². The fraction of sp³-hybridized carbons (Fsp3) is 0.733. The number of anilines is 2. The molecule has 0 atom stereocenters. The van der Waals surface area contributed by atoms with E-state index in [0.717, 1.165) is 42.8 Å². The summed E-state index contributed by atoms with van der Waals surface area (Å²) in [6.07, 6.45) is 1.19. The van der Waals surface area contributed by atoms with Crippen molar-refractivity contribution in [2.75, 3.05) is 35.6 Å². The van der Waals surface area contributed by atoms with E-state index in [-0.39, 0.29) is 0 Å². The van der Waals surface area contributed by atoms with Crippen LogP contribution in [0.4, 0.5) is 11.6 Å². The molecule has 4 nitrogen and oxygen atoms in total. The van der Waals surface area contributed by atoms with Gasteiger partial charge in [0.05, 0.1) is 0 Å². The van der Waals surface area contributed by atoms with Gasteiger partial charge in [0, 0.05) is 35.7 Å². The number of aromatic nitrogens is 2. The van der Waals surface area contributed by atoms with Crippen LogP contribution in [0.5, 0.6) is 0 Å². The molecule has 5 heteroatoms. The summed E-state index contributed by atoms with van der Waals surface area (Å²) in [5.74, 6) is 4.09. The number of hydrogen-bond donors (Lipinski definition) is 1. The lowest BCUT2D eigenvalue weighted by molar-refractivity contribution is 0.633. The van der Waals surface area contributed by atoms with Gasteiger partial charge in [-0.1, -0.05) is 13.8 Å². The molecule has 0 radical (unpaired) electrons. The van der Waals surface area contributed by atoms with Crippen molar-refractivity contribution in [3.63, 3.8) is 0 Å². The van der Waals surface area contributed by atoms with Gasteiger partial charge in [0.15, 0.2) is 0 Å². The highest BCUT2D eigenvalue weighted by Crippen LogP contribution is 2.33. The first-order chi connectivity index (χ1) is 9.43. The number of thioether (sulfide) groups is 1. The van der Waals surface area contributed by atoms with Gasteiger partial charge in [-0.2, -0.15) is 11.8 Å². The molecule has 0 saturated carbocycles. The van der Waals surface area contributed by atoms with Crippen LogP contribution in [0.25, 0.3) is 0 Å². The molecule has 1 N–H and O–H groups in total. The maximum absolute atomic E-state index is 4.69. The van der Waals surface area contributed by atoms with E-state index in [0.29, 0.717) is 4.75 Å². The smallest absolute Gasteiger partial charge is 0.137 e. The zero-order chi connectivity index (χ0) is 14.8. The minimum Gasteiger partial charge on any atom is -0.370 e. The summed E-state index contributed by atoms with van der Waals surface area (Å²) in [4.78, 5) is 11.6. The fourth-order valence-electron chi connectivity index (χ4n) is 2.49. The molecule has 1 aliphatic heterocycles. The van der Waals surface area contributed by atoms with Gasteiger partial charge in [0.2, 0.25) is 0 Å². The first-order valence-corrected chi connectivity index (χ1v) is 8.39. The minimum atomic E-state index is 0.370. The van der Waals surface area contributed by atoms with E-state index in [9.17, 15) is 0 Å². The van der Waals surface area contributed by atoms with Crippen molar-refractivity contribution < 1.29 is 0 Å². The second-order valence-corrected chi connectivity index (χ2v) is 7.75. The average molecular weight is 294 g/mol. The second kappa shape index (κ2) is 6.20. The van der Waals surface area contributed by atoms with Crippen LogP contribution in [0.15, 0.2) is 0 Å². The Morgan fingerprint density at radius 1 is 1.25 bits per heavy atom. The number of nitrogens with one attached hydrogen (secondary N) is 1. The average Bonchev–Trinajstić information content (AvgIpc) is 2.55. The Morgan fingerprint density at radius 3 is 2.70 bits per heavy atom. The summed E-state index contributed by atoms with van der Waals surface area (Å²) < 4.78 is 0.370. The fourth-order valence-corrected chi connectivity index (χ4v) is 3.59. The molecule has 2 heterocycles. The van der Waals surface area contributed by atoms with Crippen molar-refractivity contribution in [3.8, 4) is 0 Å². The highest BCUT2D eigenvalue weighted by molar-refractivity contribution is 8.00. The Balaban J connectivity index is 2.27. The first-order valence-electron chi connectivity index (χ1n) is 7.41. The summed E-state index contributed by atoms with van der Waals surface area (Å²) in [6, 6.07) is 0. The second-order valence-electron chi connectivity index (χ2n) is 5.94. The minimum absolute atomic E-state index is 0.370. The van der Waals surface area contributed by atoms with Crippen LogP contribution >= 0.6 is 11.8 Å². The summed E-state index contributed by atoms with van der Waals surface area (Å²) in [5.41, 5.74) is 1.17. The molecule has 0 aliphatic carbocycles. The summed E-state index contributed by atoms with van der Waals surface area (Å²) in [5, 5.41) is 3.35. The van der Waals surface area contributed by atoms with Crippen molar-refractivity contribution in [1.82, 2.24) is 9.97 Å². The van der Waals surface area contributed by atoms with Gasteiger partial charge in [0.1, 0.15) is 17.5 Å². The van der Waals surface area contributed by atoms with Crippen LogP contribution in [0.1, 0.15) is 38.6 Å². The van der Waals surface area contributed by atoms with Gasteiger partial charge >= 0.3 is 0 Å². The van der Waals surface area contributed by atoms with E-state index in [1.165, 1.54) is 12.0 Å². The normalized spacial score (nSPS) is 18.8. The lowest BCUT2D eigenvalue weighted by Crippen LogP contribution is -2.29. The van der Waals surface area contributed by atoms with Crippen molar-refractivity contribution in [2.45, 2.75) is 45.8 Å². The van der Waals surface area contributed by atoms with Crippen LogP contribution in [0.2, 0.25) is 0 Å². The van der Waals surface area contributed by atoms with Crippen LogP contribution in [0, 0.1) is 13.8 Å². The summed E-state index contributed by atoms with van der Waals surface area (Å²) >= 11 is 2.06. The van der Waals surface area contributed by atoms with Crippen LogP contribution in [-0.4, -0.2) is 40.1 Å². The van der Waals surface area contributed by atoms with E-state index in [1.54, 1.807) is 0 Å². The Bertz CT molecular complexity index is 473. The molecule has 112 valence electrons. The molecule has 2 rings (SSSR count). The Kier molecular flexibility index (Phi) is 4.78. The molecular formula is C15H26N4S. The predicted octanol–water partition coefficient (Wildman–Crippen LogP) is 3.25. The van der Waals surface area contributed by atoms with Crippen molar-refractivity contribution in [1.29, 1.82) is 0 Å². The SMILES string of the molecule is CCNc1nc(C)nc(N2CCSC(C)(C)CC2)c1C. The van der Waals surface area contributed by atoms with E-state index < -0.39 is 0 Å². The lowest BCUT2D eigenvalue weighted by atomic mass is 10.1. The zero-order valence-corrected chi connectivity index (χ0v) is 14.1. The molecule has 1 fully saturated rings. The van der Waals surface area contributed by atoms with Crippen molar-refractivity contribution in [3.05, 3.63) is 11.4 Å². The monoisotopic (exact) mass is 294 g/mol. The molecule has 0 bridgehead atoms. The summed E-state index contributed by atoms with van der Waals surface area (Å²) in [6.45, 7) is 13.9. The largest absolute Gasteiger partial charge is 0.370 e. The standard InChI is InChI=1S/C15H26N4S/c1-6-16-13-11(2)14(18-12(3)17-13)19-8-7-15(4,5)20-10-9-19/h6-10H2,1-5H3,(H,16,17,18). The first kappa shape index (κ1) is 15.4. The highest BCUT2D eigenvalue weighted by Gasteiger charge is 2.25. The van der Waals surface area contributed by atoms with Crippen molar-refractivity contribution >= 4 is 23.4 Å². The van der Waals surface area contributed by atoms with E-state index >= 15 is 0 Å². The van der Waals surface area contributed by atoms with Crippen molar-refractivity contribution in [2.24, 2.45) is 0 Å². The van der Waals surface area contributed by atoms with Gasteiger partial charge in [-0.05, 0) is 27.2 Å². The highest BCUT2D eigenvalue weighted by atomic mass is 32.2. The van der Waals surface area contributed by atoms with E-state index in [1.807, 2.05) is 6.92 Å². The lowest BCUT2D eigenvalue weighted by Gasteiger charge is -2.25. The summed E-state index contributed by atoms with van der Waals surface area (Å²) in [7, 11) is 0. The number of nitrogens with zero attached hydrogens (tertiary/aromatic N) is 3. The van der Waals surface area contributed by atoms with E-state index in [4.69, 9.17) is 4.98 Å². The third kappa shape index (κ3) is 3.57. The van der Waals surface area contributed by atoms with Gasteiger partial charge in [-0.25, -0.2) is 9.97 Å². The number of aryl methyl sites for hydroxylation is 1.